The van der Waals surface area contributed by atoms with E-state index in [0.29, 0.717) is 0 Å². The maximum Gasteiger partial charge on any atom is 0.237 e. The molecule has 0 aliphatic carbocycles. The van der Waals surface area contributed by atoms with E-state index in [2.05, 4.69) is 0 Å². The second-order valence-electron chi connectivity index (χ2n) is 2.14. The molecule has 0 atom stereocenters. The predicted octanol–water partition coefficient (Wildman–Crippen LogP) is 0.948. The van der Waals surface area contributed by atoms with Crippen molar-refractivity contribution in [2.45, 2.75) is 0 Å². The summed E-state index contributed by atoms with van der Waals surface area (Å²) in [6.07, 6.45) is 1.21. The highest BCUT2D eigenvalue weighted by Gasteiger charge is 2.16. The molecule has 0 saturated carbocycles. The van der Waals surface area contributed by atoms with Crippen molar-refractivity contribution in [3.05, 3.63) is 12.1 Å². The van der Waals surface area contributed by atoms with Crippen LogP contribution in [0.5, 0.6) is 0 Å². The molecule has 3 rings (SSSR count). The zero-order chi connectivity index (χ0) is 7.35. The standard InChI is InChI=1S/C5H5NO2S2/c1-10(7,8)6-4-2-3-5(6)9-4/h2-3H,1H3. The maximum absolute atomic E-state index is 10.9. The van der Waals surface area contributed by atoms with E-state index < -0.39 is 10.0 Å². The summed E-state index contributed by atoms with van der Waals surface area (Å²) in [6.45, 7) is 0. The Hall–Kier alpha value is -0.550. The second-order valence-corrected chi connectivity index (χ2v) is 5.01. The number of hydrogen-bond acceptors (Lipinski definition) is 3. The van der Waals surface area contributed by atoms with E-state index in [4.69, 9.17) is 0 Å². The molecule has 0 radical (unpaired) electrons. The number of thiophene rings is 1. The average Bonchev–Trinajstić information content (AvgIpc) is 2.08. The lowest BCUT2D eigenvalue weighted by Crippen LogP contribution is -2.10. The minimum Gasteiger partial charge on any atom is -0.220 e. The molecule has 3 aromatic rings. The molecule has 54 valence electrons. The molecule has 0 saturated heterocycles. The zero-order valence-electron chi connectivity index (χ0n) is 5.23. The fourth-order valence-corrected chi connectivity index (χ4v) is 3.46. The fraction of sp³-hybridized carbons (Fsp3) is 0.200. The molecule has 10 heavy (non-hydrogen) atoms. The molecule has 3 nitrogen and oxygen atoms in total. The molecule has 2 bridgehead atoms. The Balaban J connectivity index is 2.80. The van der Waals surface area contributed by atoms with E-state index in [-0.39, 0.29) is 0 Å². The highest BCUT2D eigenvalue weighted by Crippen LogP contribution is 2.29. The first-order chi connectivity index (χ1) is 4.59. The van der Waals surface area contributed by atoms with Crippen LogP contribution in [-0.4, -0.2) is 18.6 Å². The molecule has 0 spiro atoms. The minimum absolute atomic E-state index is 0.817. The van der Waals surface area contributed by atoms with Gasteiger partial charge in [-0.1, -0.05) is 11.3 Å². The van der Waals surface area contributed by atoms with Crippen molar-refractivity contribution in [1.82, 2.24) is 3.97 Å². The van der Waals surface area contributed by atoms with E-state index in [1.807, 2.05) is 0 Å². The minimum atomic E-state index is -3.03. The lowest BCUT2D eigenvalue weighted by Gasteiger charge is -2.06. The first kappa shape index (κ1) is 6.18. The van der Waals surface area contributed by atoms with Crippen LogP contribution in [0.25, 0.3) is 9.66 Å². The Bertz CT molecular complexity index is 402. The van der Waals surface area contributed by atoms with Gasteiger partial charge < -0.3 is 0 Å². The SMILES string of the molecule is CS(=O)(=O)n1c2ccc1s2. The van der Waals surface area contributed by atoms with E-state index in [1.54, 1.807) is 12.1 Å². The lowest BCUT2D eigenvalue weighted by molar-refractivity contribution is 0.596. The van der Waals surface area contributed by atoms with Crippen molar-refractivity contribution in [3.8, 4) is 0 Å². The first-order valence-corrected chi connectivity index (χ1v) is 5.36. The Morgan fingerprint density at radius 1 is 1.40 bits per heavy atom. The molecule has 0 unspecified atom stereocenters. The van der Waals surface area contributed by atoms with Gasteiger partial charge in [0.1, 0.15) is 9.66 Å². The number of hydrogen-bond donors (Lipinski definition) is 0. The molecule has 0 amide bonds. The largest absolute Gasteiger partial charge is 0.237 e. The van der Waals surface area contributed by atoms with Crippen LogP contribution in [-0.2, 0) is 10.0 Å². The quantitative estimate of drug-likeness (QED) is 0.647. The van der Waals surface area contributed by atoms with Gasteiger partial charge in [0.05, 0.1) is 6.26 Å². The molecule has 0 aliphatic rings. The molecule has 5 heteroatoms. The van der Waals surface area contributed by atoms with Gasteiger partial charge in [0.25, 0.3) is 0 Å². The van der Waals surface area contributed by atoms with Crippen LogP contribution in [0, 0.1) is 0 Å². The van der Waals surface area contributed by atoms with Gasteiger partial charge in [-0.2, -0.15) is 0 Å². The van der Waals surface area contributed by atoms with Crippen LogP contribution in [0.4, 0.5) is 0 Å². The molecule has 3 heterocycles. The molecule has 0 fully saturated rings. The zero-order valence-corrected chi connectivity index (χ0v) is 6.87. The number of nitrogens with zero attached hydrogens (tertiary/aromatic N) is 1. The van der Waals surface area contributed by atoms with Crippen LogP contribution in [0.2, 0.25) is 0 Å². The van der Waals surface area contributed by atoms with Gasteiger partial charge in [0, 0.05) is 0 Å². The molecule has 0 N–H and O–H groups in total. The summed E-state index contributed by atoms with van der Waals surface area (Å²) in [5.41, 5.74) is 0. The Kier molecular flexibility index (Phi) is 0.952. The molecule has 3 aromatic heterocycles. The normalized spacial score (nSPS) is 13.3. The van der Waals surface area contributed by atoms with E-state index >= 15 is 0 Å². The second kappa shape index (κ2) is 1.54. The number of rotatable bonds is 1. The van der Waals surface area contributed by atoms with Gasteiger partial charge >= 0.3 is 0 Å². The van der Waals surface area contributed by atoms with Gasteiger partial charge in [-0.05, 0) is 12.1 Å². The van der Waals surface area contributed by atoms with Crippen molar-refractivity contribution < 1.29 is 8.42 Å². The van der Waals surface area contributed by atoms with Crippen molar-refractivity contribution >= 4 is 31.0 Å². The molecular weight excluding hydrogens is 170 g/mol. The Morgan fingerprint density at radius 2 is 1.90 bits per heavy atom. The molecule has 0 aliphatic heterocycles. The van der Waals surface area contributed by atoms with Gasteiger partial charge in [-0.3, -0.25) is 0 Å². The third-order valence-electron chi connectivity index (χ3n) is 1.31. The number of aromatic nitrogens is 1. The Labute approximate surface area is 62.3 Å². The summed E-state index contributed by atoms with van der Waals surface area (Å²) >= 11 is 1.50. The van der Waals surface area contributed by atoms with Crippen LogP contribution in [0.1, 0.15) is 0 Å². The summed E-state index contributed by atoms with van der Waals surface area (Å²) in [5, 5.41) is 0. The summed E-state index contributed by atoms with van der Waals surface area (Å²) in [4.78, 5) is 1.63. The van der Waals surface area contributed by atoms with Crippen molar-refractivity contribution in [2.24, 2.45) is 0 Å². The predicted molar refractivity (Wildman–Crippen MR) is 41.2 cm³/mol. The summed E-state index contributed by atoms with van der Waals surface area (Å²) < 4.78 is 23.2. The van der Waals surface area contributed by atoms with Gasteiger partial charge in [0.2, 0.25) is 10.0 Å². The average molecular weight is 175 g/mol. The summed E-state index contributed by atoms with van der Waals surface area (Å²) in [6, 6.07) is 3.61. The van der Waals surface area contributed by atoms with Crippen LogP contribution in [0.3, 0.4) is 0 Å². The van der Waals surface area contributed by atoms with Crippen molar-refractivity contribution in [3.63, 3.8) is 0 Å². The highest BCUT2D eigenvalue weighted by atomic mass is 32.2. The van der Waals surface area contributed by atoms with E-state index in [1.165, 1.54) is 21.6 Å². The summed E-state index contributed by atoms with van der Waals surface area (Å²) in [7, 11) is -3.03. The summed E-state index contributed by atoms with van der Waals surface area (Å²) in [5.74, 6) is 0. The van der Waals surface area contributed by atoms with Crippen molar-refractivity contribution in [2.75, 3.05) is 6.26 Å². The third kappa shape index (κ3) is 0.615. The topological polar surface area (TPSA) is 39.1 Å². The van der Waals surface area contributed by atoms with E-state index in [0.717, 1.165) is 9.66 Å². The number of fused-ring (bicyclic) bond motifs is 1. The smallest absolute Gasteiger partial charge is 0.220 e. The maximum atomic E-state index is 10.9. The van der Waals surface area contributed by atoms with Crippen LogP contribution < -0.4 is 0 Å². The first-order valence-electron chi connectivity index (χ1n) is 2.69. The van der Waals surface area contributed by atoms with Crippen LogP contribution in [0.15, 0.2) is 12.1 Å². The van der Waals surface area contributed by atoms with Gasteiger partial charge in [-0.15, -0.1) is 0 Å². The van der Waals surface area contributed by atoms with E-state index in [9.17, 15) is 8.42 Å². The highest BCUT2D eigenvalue weighted by molar-refractivity contribution is 7.90. The van der Waals surface area contributed by atoms with Crippen molar-refractivity contribution in [1.29, 1.82) is 0 Å². The molecule has 0 aromatic carbocycles. The molecular formula is C5H5NO2S2. The van der Waals surface area contributed by atoms with Crippen LogP contribution >= 0.6 is 11.3 Å². The Morgan fingerprint density at radius 3 is 2.10 bits per heavy atom. The monoisotopic (exact) mass is 175 g/mol. The lowest BCUT2D eigenvalue weighted by atomic mass is 10.7. The fourth-order valence-electron chi connectivity index (χ4n) is 0.932. The van der Waals surface area contributed by atoms with Gasteiger partial charge in [0.15, 0.2) is 0 Å². The van der Waals surface area contributed by atoms with Gasteiger partial charge in [-0.25, -0.2) is 12.4 Å². The third-order valence-corrected chi connectivity index (χ3v) is 3.65.